The molecule has 1 fully saturated rings. The Kier molecular flexibility index (Phi) is 8.50. The summed E-state index contributed by atoms with van der Waals surface area (Å²) in [5, 5.41) is 4.32. The lowest BCUT2D eigenvalue weighted by Crippen LogP contribution is -2.52. The van der Waals surface area contributed by atoms with Gasteiger partial charge in [-0.3, -0.25) is 4.90 Å². The Morgan fingerprint density at radius 2 is 1.86 bits per heavy atom. The van der Waals surface area contributed by atoms with Gasteiger partial charge in [0, 0.05) is 37.2 Å². The smallest absolute Gasteiger partial charge is 0.338 e. The summed E-state index contributed by atoms with van der Waals surface area (Å²) in [4.78, 5) is 19.1. The zero-order valence-electron chi connectivity index (χ0n) is 17.0. The first-order chi connectivity index (χ1) is 14.1. The van der Waals surface area contributed by atoms with Crippen molar-refractivity contribution >= 4 is 17.6 Å². The molecule has 5 nitrogen and oxygen atoms in total. The van der Waals surface area contributed by atoms with E-state index >= 15 is 0 Å². The van der Waals surface area contributed by atoms with Crippen LogP contribution in [0.5, 0.6) is 0 Å². The number of hydrogen-bond donors (Lipinski definition) is 2. The van der Waals surface area contributed by atoms with Gasteiger partial charge in [-0.1, -0.05) is 54.9 Å². The van der Waals surface area contributed by atoms with E-state index in [0.717, 1.165) is 43.9 Å². The Morgan fingerprint density at radius 3 is 2.55 bits per heavy atom. The molecule has 0 aromatic heterocycles. The summed E-state index contributed by atoms with van der Waals surface area (Å²) in [6.45, 7) is 5.70. The molecule has 0 spiro atoms. The van der Waals surface area contributed by atoms with Gasteiger partial charge in [-0.05, 0) is 48.1 Å². The van der Waals surface area contributed by atoms with Crippen molar-refractivity contribution in [1.82, 2.24) is 15.7 Å². The average molecular weight is 416 g/mol. The van der Waals surface area contributed by atoms with E-state index in [0.29, 0.717) is 19.1 Å². The van der Waals surface area contributed by atoms with Gasteiger partial charge in [-0.25, -0.2) is 4.79 Å². The molecule has 29 heavy (non-hydrogen) atoms. The molecule has 1 heterocycles. The highest BCUT2D eigenvalue weighted by Crippen LogP contribution is 2.22. The van der Waals surface area contributed by atoms with Crippen molar-refractivity contribution in [3.8, 4) is 11.1 Å². The molecule has 2 N–H and O–H groups in total. The molecule has 1 aliphatic rings. The van der Waals surface area contributed by atoms with Crippen LogP contribution in [0.3, 0.4) is 0 Å². The number of nitrogens with one attached hydrogen (secondary N) is 2. The van der Waals surface area contributed by atoms with Crippen molar-refractivity contribution in [2.24, 2.45) is 0 Å². The minimum Gasteiger partial charge on any atom is -0.369 e. The minimum absolute atomic E-state index is 0.211. The van der Waals surface area contributed by atoms with Crippen LogP contribution in [-0.4, -0.2) is 49.6 Å². The quantitative estimate of drug-likeness (QED) is 0.483. The van der Waals surface area contributed by atoms with Crippen LogP contribution in [0.2, 0.25) is 5.02 Å². The number of piperazine rings is 1. The van der Waals surface area contributed by atoms with Crippen molar-refractivity contribution in [3.05, 3.63) is 59.1 Å². The third-order valence-corrected chi connectivity index (χ3v) is 5.40. The molecule has 1 aliphatic heterocycles. The Morgan fingerprint density at radius 1 is 1.17 bits per heavy atom. The highest BCUT2D eigenvalue weighted by molar-refractivity contribution is 6.30. The number of hydrogen-bond acceptors (Lipinski definition) is 5. The molecule has 3 rings (SSSR count). The molecule has 0 bridgehead atoms. The maximum atomic E-state index is 11.9. The van der Waals surface area contributed by atoms with Gasteiger partial charge in [-0.15, -0.1) is 0 Å². The third-order valence-electron chi connectivity index (χ3n) is 5.14. The van der Waals surface area contributed by atoms with Gasteiger partial charge in [0.05, 0.1) is 6.54 Å². The second kappa shape index (κ2) is 11.3. The number of benzene rings is 2. The number of carbonyl (C=O) groups is 1. The number of carbonyl (C=O) groups excluding carboxylic acids is 1. The van der Waals surface area contributed by atoms with E-state index < -0.39 is 0 Å². The second-order valence-corrected chi connectivity index (χ2v) is 7.93. The molecule has 6 heteroatoms. The lowest BCUT2D eigenvalue weighted by atomic mass is 10.00. The third kappa shape index (κ3) is 7.12. The molecular weight excluding hydrogens is 386 g/mol. The van der Waals surface area contributed by atoms with Gasteiger partial charge in [-0.2, -0.15) is 5.48 Å². The van der Waals surface area contributed by atoms with Gasteiger partial charge in [0.2, 0.25) is 0 Å². The largest absolute Gasteiger partial charge is 0.369 e. The number of hydroxylamine groups is 1. The maximum absolute atomic E-state index is 11.9. The van der Waals surface area contributed by atoms with E-state index in [4.69, 9.17) is 16.4 Å². The Balaban J connectivity index is 1.44. The molecule has 0 amide bonds. The molecule has 1 atom stereocenters. The zero-order valence-corrected chi connectivity index (χ0v) is 17.8. The van der Waals surface area contributed by atoms with Crippen molar-refractivity contribution in [2.45, 2.75) is 32.2 Å². The first kappa shape index (κ1) is 21.8. The van der Waals surface area contributed by atoms with Gasteiger partial charge < -0.3 is 10.2 Å². The van der Waals surface area contributed by atoms with Crippen LogP contribution in [0.1, 0.15) is 25.3 Å². The van der Waals surface area contributed by atoms with Gasteiger partial charge in [0.1, 0.15) is 0 Å². The lowest BCUT2D eigenvalue weighted by molar-refractivity contribution is -0.152. The van der Waals surface area contributed by atoms with Crippen LogP contribution in [0.15, 0.2) is 48.5 Å². The van der Waals surface area contributed by atoms with Crippen LogP contribution in [0.4, 0.5) is 0 Å². The predicted octanol–water partition coefficient (Wildman–Crippen LogP) is 3.67. The van der Waals surface area contributed by atoms with Crippen LogP contribution in [0.25, 0.3) is 11.1 Å². The summed E-state index contributed by atoms with van der Waals surface area (Å²) in [6.07, 6.45) is 2.98. The Bertz CT molecular complexity index is 765. The first-order valence-electron chi connectivity index (χ1n) is 10.4. The monoisotopic (exact) mass is 415 g/mol. The topological polar surface area (TPSA) is 53.6 Å². The van der Waals surface area contributed by atoms with Crippen molar-refractivity contribution in [2.75, 3.05) is 32.7 Å². The Labute approximate surface area is 178 Å². The molecule has 0 aliphatic carbocycles. The van der Waals surface area contributed by atoms with Crippen LogP contribution >= 0.6 is 11.6 Å². The van der Waals surface area contributed by atoms with E-state index in [1.165, 1.54) is 16.7 Å². The summed E-state index contributed by atoms with van der Waals surface area (Å²) in [7, 11) is 0. The zero-order chi connectivity index (χ0) is 20.5. The van der Waals surface area contributed by atoms with E-state index in [1.54, 1.807) is 0 Å². The minimum atomic E-state index is -0.211. The standard InChI is InChI=1S/C23H30ClN3O2/c1-2-13-26-29-23(28)17-27-15-14-25-22(16-27)12-5-18-3-6-19(7-4-18)20-8-10-21(24)11-9-20/h3-4,6-11,22,25-26H,2,5,12-17H2,1H3. The fourth-order valence-corrected chi connectivity index (χ4v) is 3.65. The second-order valence-electron chi connectivity index (χ2n) is 7.50. The van der Waals surface area contributed by atoms with Crippen LogP contribution in [-0.2, 0) is 16.1 Å². The Hall–Kier alpha value is -1.92. The first-order valence-corrected chi connectivity index (χ1v) is 10.7. The lowest BCUT2D eigenvalue weighted by Gasteiger charge is -2.33. The van der Waals surface area contributed by atoms with Gasteiger partial charge in [0.25, 0.3) is 0 Å². The summed E-state index contributed by atoms with van der Waals surface area (Å²) >= 11 is 5.97. The van der Waals surface area contributed by atoms with Crippen molar-refractivity contribution in [3.63, 3.8) is 0 Å². The molecule has 1 unspecified atom stereocenters. The van der Waals surface area contributed by atoms with Crippen LogP contribution < -0.4 is 10.8 Å². The molecule has 2 aromatic rings. The van der Waals surface area contributed by atoms with E-state index in [-0.39, 0.29) is 5.97 Å². The van der Waals surface area contributed by atoms with E-state index in [2.05, 4.69) is 40.0 Å². The van der Waals surface area contributed by atoms with Crippen molar-refractivity contribution < 1.29 is 9.63 Å². The number of halogens is 1. The van der Waals surface area contributed by atoms with Gasteiger partial charge >= 0.3 is 5.97 Å². The summed E-state index contributed by atoms with van der Waals surface area (Å²) in [6, 6.07) is 17.0. The van der Waals surface area contributed by atoms with Gasteiger partial charge in [0.15, 0.2) is 0 Å². The fraction of sp³-hybridized carbons (Fsp3) is 0.435. The fourth-order valence-electron chi connectivity index (χ4n) is 3.53. The van der Waals surface area contributed by atoms with Crippen LogP contribution in [0, 0.1) is 0 Å². The highest BCUT2D eigenvalue weighted by atomic mass is 35.5. The number of aryl methyl sites for hydroxylation is 1. The summed E-state index contributed by atoms with van der Waals surface area (Å²) in [5.41, 5.74) is 6.40. The summed E-state index contributed by atoms with van der Waals surface area (Å²) < 4.78 is 0. The average Bonchev–Trinajstić information content (AvgIpc) is 2.74. The highest BCUT2D eigenvalue weighted by Gasteiger charge is 2.21. The molecule has 0 saturated carbocycles. The van der Waals surface area contributed by atoms with E-state index in [1.807, 2.05) is 31.2 Å². The van der Waals surface area contributed by atoms with E-state index in [9.17, 15) is 4.79 Å². The molecule has 2 aromatic carbocycles. The number of nitrogens with zero attached hydrogens (tertiary/aromatic N) is 1. The SMILES string of the molecule is CCCNOC(=O)CN1CCNC(CCc2ccc(-c3ccc(Cl)cc3)cc2)C1. The number of rotatable bonds is 9. The maximum Gasteiger partial charge on any atom is 0.338 e. The molecular formula is C23H30ClN3O2. The molecule has 1 saturated heterocycles. The molecule has 156 valence electrons. The van der Waals surface area contributed by atoms with Crippen molar-refractivity contribution in [1.29, 1.82) is 0 Å². The normalized spacial score (nSPS) is 17.2. The predicted molar refractivity (Wildman–Crippen MR) is 118 cm³/mol. The molecule has 0 radical (unpaired) electrons. The summed E-state index contributed by atoms with van der Waals surface area (Å²) in [5.74, 6) is -0.211.